The molecule has 3 rings (SSSR count). The lowest BCUT2D eigenvalue weighted by Gasteiger charge is -2.02. The molecule has 88 valence electrons. The van der Waals surface area contributed by atoms with E-state index in [4.69, 9.17) is 0 Å². The lowest BCUT2D eigenvalue weighted by molar-refractivity contribution is -0.112. The Morgan fingerprint density at radius 1 is 1.06 bits per heavy atom. The number of ketones is 1. The van der Waals surface area contributed by atoms with Gasteiger partial charge in [0.25, 0.3) is 0 Å². The molecule has 0 aromatic heterocycles. The Morgan fingerprint density at radius 3 is 2.61 bits per heavy atom. The number of fused-ring (bicyclic) bond motifs is 1. The molecule has 0 unspecified atom stereocenters. The van der Waals surface area contributed by atoms with E-state index in [1.807, 2.05) is 36.4 Å². The van der Waals surface area contributed by atoms with E-state index in [1.165, 1.54) is 5.56 Å². The molecule has 0 radical (unpaired) electrons. The molecule has 0 heterocycles. The van der Waals surface area contributed by atoms with Crippen LogP contribution in [0.1, 0.15) is 22.3 Å². The highest BCUT2D eigenvalue weighted by Gasteiger charge is 2.24. The second-order valence-corrected chi connectivity index (χ2v) is 4.73. The summed E-state index contributed by atoms with van der Waals surface area (Å²) in [4.78, 5) is 12.1. The standard InChI is InChI=1S/C17H14O/c1-12-7-8-14-11-17(18)16(15(14)9-12)10-13-5-3-2-4-6-13/h2-10H,11H2,1H3/b16-10+. The van der Waals surface area contributed by atoms with Crippen LogP contribution in [0.2, 0.25) is 0 Å². The smallest absolute Gasteiger partial charge is 0.167 e. The third kappa shape index (κ3) is 1.88. The summed E-state index contributed by atoms with van der Waals surface area (Å²) in [6.07, 6.45) is 2.53. The van der Waals surface area contributed by atoms with Crippen LogP contribution in [0.3, 0.4) is 0 Å². The number of carbonyl (C=O) groups is 1. The van der Waals surface area contributed by atoms with E-state index >= 15 is 0 Å². The largest absolute Gasteiger partial charge is 0.294 e. The molecule has 1 nitrogen and oxygen atoms in total. The first-order chi connectivity index (χ1) is 8.74. The maximum Gasteiger partial charge on any atom is 0.167 e. The van der Waals surface area contributed by atoms with E-state index < -0.39 is 0 Å². The first kappa shape index (κ1) is 11.0. The molecule has 0 fully saturated rings. The number of carbonyl (C=O) groups excluding carboxylic acids is 1. The fourth-order valence-corrected chi connectivity index (χ4v) is 2.39. The monoisotopic (exact) mass is 234 g/mol. The SMILES string of the molecule is Cc1ccc2c(c1)/C(=C\c1ccccc1)C(=O)C2. The summed E-state index contributed by atoms with van der Waals surface area (Å²) in [6, 6.07) is 16.2. The Labute approximate surface area is 107 Å². The average molecular weight is 234 g/mol. The molecule has 0 aliphatic heterocycles. The van der Waals surface area contributed by atoms with E-state index in [2.05, 4.69) is 25.1 Å². The number of hydrogen-bond donors (Lipinski definition) is 0. The van der Waals surface area contributed by atoms with Gasteiger partial charge in [0, 0.05) is 12.0 Å². The molecule has 0 saturated heterocycles. The molecule has 1 aliphatic rings. The number of hydrogen-bond acceptors (Lipinski definition) is 1. The summed E-state index contributed by atoms with van der Waals surface area (Å²) in [7, 11) is 0. The Kier molecular flexibility index (Phi) is 2.60. The maximum absolute atomic E-state index is 12.1. The van der Waals surface area contributed by atoms with Crippen molar-refractivity contribution in [3.8, 4) is 0 Å². The number of rotatable bonds is 1. The van der Waals surface area contributed by atoms with Crippen LogP contribution in [0, 0.1) is 6.92 Å². The van der Waals surface area contributed by atoms with Crippen molar-refractivity contribution in [2.75, 3.05) is 0 Å². The molecule has 2 aromatic carbocycles. The predicted molar refractivity (Wildman–Crippen MR) is 74.2 cm³/mol. The molecular formula is C17H14O. The Morgan fingerprint density at radius 2 is 1.83 bits per heavy atom. The van der Waals surface area contributed by atoms with Crippen LogP contribution < -0.4 is 0 Å². The molecule has 1 heteroatoms. The van der Waals surface area contributed by atoms with Crippen LogP contribution in [-0.2, 0) is 11.2 Å². The second-order valence-electron chi connectivity index (χ2n) is 4.73. The van der Waals surface area contributed by atoms with E-state index in [9.17, 15) is 4.79 Å². The van der Waals surface area contributed by atoms with Crippen molar-refractivity contribution in [1.82, 2.24) is 0 Å². The normalized spacial score (nSPS) is 16.1. The highest BCUT2D eigenvalue weighted by molar-refractivity contribution is 6.29. The number of allylic oxidation sites excluding steroid dienone is 1. The average Bonchev–Trinajstić information content (AvgIpc) is 2.67. The molecule has 2 aromatic rings. The van der Waals surface area contributed by atoms with E-state index in [0.717, 1.165) is 22.3 Å². The molecule has 18 heavy (non-hydrogen) atoms. The van der Waals surface area contributed by atoms with Gasteiger partial charge >= 0.3 is 0 Å². The molecular weight excluding hydrogens is 220 g/mol. The first-order valence-corrected chi connectivity index (χ1v) is 6.14. The Hall–Kier alpha value is -2.15. The summed E-state index contributed by atoms with van der Waals surface area (Å²) in [5, 5.41) is 0. The molecule has 0 amide bonds. The highest BCUT2D eigenvalue weighted by atomic mass is 16.1. The lowest BCUT2D eigenvalue weighted by Crippen LogP contribution is -1.93. The van der Waals surface area contributed by atoms with Crippen molar-refractivity contribution in [1.29, 1.82) is 0 Å². The highest BCUT2D eigenvalue weighted by Crippen LogP contribution is 2.31. The minimum absolute atomic E-state index is 0.222. The van der Waals surface area contributed by atoms with Crippen LogP contribution in [-0.4, -0.2) is 5.78 Å². The second kappa shape index (κ2) is 4.26. The van der Waals surface area contributed by atoms with Crippen LogP contribution in [0.15, 0.2) is 48.5 Å². The maximum atomic E-state index is 12.1. The van der Waals surface area contributed by atoms with Crippen molar-refractivity contribution in [2.24, 2.45) is 0 Å². The van der Waals surface area contributed by atoms with Gasteiger partial charge in [-0.3, -0.25) is 4.79 Å². The fraction of sp³-hybridized carbons (Fsp3) is 0.118. The zero-order chi connectivity index (χ0) is 12.5. The fourth-order valence-electron chi connectivity index (χ4n) is 2.39. The molecule has 0 spiro atoms. The Bertz CT molecular complexity index is 636. The van der Waals surface area contributed by atoms with Crippen LogP contribution >= 0.6 is 0 Å². The van der Waals surface area contributed by atoms with Gasteiger partial charge in [-0.15, -0.1) is 0 Å². The summed E-state index contributed by atoms with van der Waals surface area (Å²) in [6.45, 7) is 2.06. The van der Waals surface area contributed by atoms with Gasteiger partial charge in [0.1, 0.15) is 0 Å². The van der Waals surface area contributed by atoms with Crippen molar-refractivity contribution < 1.29 is 4.79 Å². The summed E-state index contributed by atoms with van der Waals surface area (Å²) < 4.78 is 0. The van der Waals surface area contributed by atoms with E-state index in [0.29, 0.717) is 6.42 Å². The van der Waals surface area contributed by atoms with Gasteiger partial charge in [-0.05, 0) is 29.7 Å². The van der Waals surface area contributed by atoms with Crippen molar-refractivity contribution in [3.05, 3.63) is 70.8 Å². The van der Waals surface area contributed by atoms with Crippen LogP contribution in [0.5, 0.6) is 0 Å². The molecule has 1 aliphatic carbocycles. The minimum atomic E-state index is 0.222. The molecule has 0 atom stereocenters. The first-order valence-electron chi connectivity index (χ1n) is 6.14. The van der Waals surface area contributed by atoms with Gasteiger partial charge in [0.2, 0.25) is 0 Å². The number of aryl methyl sites for hydroxylation is 1. The minimum Gasteiger partial charge on any atom is -0.294 e. The van der Waals surface area contributed by atoms with Gasteiger partial charge in [0.15, 0.2) is 5.78 Å². The van der Waals surface area contributed by atoms with Gasteiger partial charge in [-0.1, -0.05) is 54.1 Å². The van der Waals surface area contributed by atoms with Gasteiger partial charge in [-0.25, -0.2) is 0 Å². The van der Waals surface area contributed by atoms with Crippen LogP contribution in [0.4, 0.5) is 0 Å². The summed E-state index contributed by atoms with van der Waals surface area (Å²) >= 11 is 0. The topological polar surface area (TPSA) is 17.1 Å². The molecule has 0 N–H and O–H groups in total. The van der Waals surface area contributed by atoms with Gasteiger partial charge < -0.3 is 0 Å². The zero-order valence-corrected chi connectivity index (χ0v) is 10.3. The number of Topliss-reactive ketones (excluding diaryl/α,β-unsaturated/α-hetero) is 1. The molecule has 0 saturated carbocycles. The third-order valence-electron chi connectivity index (χ3n) is 3.32. The lowest BCUT2D eigenvalue weighted by atomic mass is 10.0. The quantitative estimate of drug-likeness (QED) is 0.688. The van der Waals surface area contributed by atoms with Crippen molar-refractivity contribution in [3.63, 3.8) is 0 Å². The van der Waals surface area contributed by atoms with Gasteiger partial charge in [0.05, 0.1) is 0 Å². The van der Waals surface area contributed by atoms with Crippen molar-refractivity contribution >= 4 is 17.4 Å². The van der Waals surface area contributed by atoms with E-state index in [1.54, 1.807) is 0 Å². The third-order valence-corrected chi connectivity index (χ3v) is 3.32. The Balaban J connectivity index is 2.12. The predicted octanol–water partition coefficient (Wildman–Crippen LogP) is 3.66. The van der Waals surface area contributed by atoms with Gasteiger partial charge in [-0.2, -0.15) is 0 Å². The number of benzene rings is 2. The van der Waals surface area contributed by atoms with Crippen LogP contribution in [0.25, 0.3) is 11.6 Å². The van der Waals surface area contributed by atoms with Crippen molar-refractivity contribution in [2.45, 2.75) is 13.3 Å². The molecule has 0 bridgehead atoms. The van der Waals surface area contributed by atoms with E-state index in [-0.39, 0.29) is 5.78 Å². The summed E-state index contributed by atoms with van der Waals surface area (Å²) in [5.41, 5.74) is 5.37. The zero-order valence-electron chi connectivity index (χ0n) is 10.3. The summed E-state index contributed by atoms with van der Waals surface area (Å²) in [5.74, 6) is 0.222.